The summed E-state index contributed by atoms with van der Waals surface area (Å²) < 4.78 is 5.56. The van der Waals surface area contributed by atoms with E-state index in [0.717, 1.165) is 51.3 Å². The van der Waals surface area contributed by atoms with E-state index in [-0.39, 0.29) is 0 Å². The monoisotopic (exact) mass is 277 g/mol. The number of aromatic carboxylic acids is 1. The highest BCUT2D eigenvalue weighted by Gasteiger charge is 2.19. The molecule has 0 radical (unpaired) electrons. The van der Waals surface area contributed by atoms with Gasteiger partial charge in [-0.1, -0.05) is 19.4 Å². The van der Waals surface area contributed by atoms with Gasteiger partial charge in [0.2, 0.25) is 0 Å². The number of carbonyl (C=O) groups is 1. The topological polar surface area (TPSA) is 49.8 Å². The van der Waals surface area contributed by atoms with Crippen LogP contribution >= 0.6 is 0 Å². The van der Waals surface area contributed by atoms with Crippen molar-refractivity contribution in [2.45, 2.75) is 39.3 Å². The molecule has 4 heteroatoms. The van der Waals surface area contributed by atoms with Crippen LogP contribution in [0.5, 0.6) is 0 Å². The van der Waals surface area contributed by atoms with Crippen molar-refractivity contribution in [3.05, 3.63) is 34.9 Å². The normalized spacial score (nSPS) is 14.4. The van der Waals surface area contributed by atoms with E-state index >= 15 is 0 Å². The molecule has 0 fully saturated rings. The minimum atomic E-state index is -0.851. The molecule has 0 unspecified atom stereocenters. The fourth-order valence-electron chi connectivity index (χ4n) is 2.49. The van der Waals surface area contributed by atoms with E-state index in [2.05, 4.69) is 11.8 Å². The van der Waals surface area contributed by atoms with Crippen LogP contribution in [-0.4, -0.2) is 35.7 Å². The average Bonchev–Trinajstić information content (AvgIpc) is 2.84. The number of carboxylic acid groups (broad SMARTS) is 1. The molecular weight excluding hydrogens is 254 g/mol. The Hall–Kier alpha value is -1.39. The lowest BCUT2D eigenvalue weighted by atomic mass is 10.1. The molecule has 0 saturated heterocycles. The number of hydrogen-bond acceptors (Lipinski definition) is 3. The molecule has 4 nitrogen and oxygen atoms in total. The predicted molar refractivity (Wildman–Crippen MR) is 77.9 cm³/mol. The van der Waals surface area contributed by atoms with Crippen molar-refractivity contribution in [3.8, 4) is 0 Å². The molecule has 2 rings (SSSR count). The van der Waals surface area contributed by atoms with Crippen LogP contribution < -0.4 is 0 Å². The summed E-state index contributed by atoms with van der Waals surface area (Å²) in [6.07, 6.45) is 3.34. The number of benzene rings is 1. The van der Waals surface area contributed by atoms with Gasteiger partial charge in [-0.15, -0.1) is 0 Å². The van der Waals surface area contributed by atoms with Crippen LogP contribution in [0, 0.1) is 0 Å². The largest absolute Gasteiger partial charge is 0.478 e. The highest BCUT2D eigenvalue weighted by atomic mass is 16.5. The van der Waals surface area contributed by atoms with E-state index in [9.17, 15) is 4.79 Å². The number of unbranched alkanes of at least 4 members (excludes halogenated alkanes) is 1. The maximum absolute atomic E-state index is 10.9. The van der Waals surface area contributed by atoms with Crippen LogP contribution in [0.2, 0.25) is 0 Å². The molecule has 1 aliphatic heterocycles. The second-order valence-corrected chi connectivity index (χ2v) is 5.32. The van der Waals surface area contributed by atoms with Crippen molar-refractivity contribution in [1.29, 1.82) is 0 Å². The van der Waals surface area contributed by atoms with Crippen molar-refractivity contribution in [2.75, 3.05) is 19.8 Å². The third kappa shape index (κ3) is 4.05. The summed E-state index contributed by atoms with van der Waals surface area (Å²) in [5.74, 6) is -0.851. The number of rotatable bonds is 8. The maximum Gasteiger partial charge on any atom is 0.335 e. The van der Waals surface area contributed by atoms with Crippen LogP contribution in [0.1, 0.15) is 47.7 Å². The SMILES string of the molecule is CCCCOCCCN1Cc2ccc(C(=O)O)cc2C1. The van der Waals surface area contributed by atoms with E-state index in [1.165, 1.54) is 12.0 Å². The van der Waals surface area contributed by atoms with E-state index in [0.29, 0.717) is 5.56 Å². The minimum absolute atomic E-state index is 0.383. The third-order valence-corrected chi connectivity index (χ3v) is 3.65. The first-order valence-corrected chi connectivity index (χ1v) is 7.36. The molecule has 1 aromatic carbocycles. The highest BCUT2D eigenvalue weighted by molar-refractivity contribution is 5.87. The highest BCUT2D eigenvalue weighted by Crippen LogP contribution is 2.23. The fourth-order valence-corrected chi connectivity index (χ4v) is 2.49. The molecule has 1 heterocycles. The van der Waals surface area contributed by atoms with Gasteiger partial charge >= 0.3 is 5.97 Å². The van der Waals surface area contributed by atoms with Crippen LogP contribution in [-0.2, 0) is 17.8 Å². The minimum Gasteiger partial charge on any atom is -0.478 e. The molecule has 0 aliphatic carbocycles. The summed E-state index contributed by atoms with van der Waals surface area (Å²) >= 11 is 0. The first kappa shape index (κ1) is 15.0. The zero-order valence-corrected chi connectivity index (χ0v) is 12.1. The quantitative estimate of drug-likeness (QED) is 0.742. The van der Waals surface area contributed by atoms with Gasteiger partial charge in [0.15, 0.2) is 0 Å². The Morgan fingerprint density at radius 3 is 2.75 bits per heavy atom. The molecule has 1 aromatic rings. The van der Waals surface area contributed by atoms with Crippen molar-refractivity contribution in [2.24, 2.45) is 0 Å². The van der Waals surface area contributed by atoms with E-state index in [4.69, 9.17) is 9.84 Å². The smallest absolute Gasteiger partial charge is 0.335 e. The molecule has 1 N–H and O–H groups in total. The van der Waals surface area contributed by atoms with Gasteiger partial charge in [-0.25, -0.2) is 4.79 Å². The molecule has 0 bridgehead atoms. The Morgan fingerprint density at radius 2 is 2.00 bits per heavy atom. The Balaban J connectivity index is 1.74. The lowest BCUT2D eigenvalue weighted by molar-refractivity contribution is 0.0696. The molecule has 20 heavy (non-hydrogen) atoms. The summed E-state index contributed by atoms with van der Waals surface area (Å²) in [6.45, 7) is 6.61. The number of fused-ring (bicyclic) bond motifs is 1. The summed E-state index contributed by atoms with van der Waals surface area (Å²) in [4.78, 5) is 13.3. The van der Waals surface area contributed by atoms with Gasteiger partial charge in [0, 0.05) is 32.8 Å². The molecule has 110 valence electrons. The second-order valence-electron chi connectivity index (χ2n) is 5.32. The molecule has 0 spiro atoms. The number of ether oxygens (including phenoxy) is 1. The summed E-state index contributed by atoms with van der Waals surface area (Å²) in [5.41, 5.74) is 2.78. The van der Waals surface area contributed by atoms with Crippen molar-refractivity contribution < 1.29 is 14.6 Å². The fraction of sp³-hybridized carbons (Fsp3) is 0.562. The van der Waals surface area contributed by atoms with Crippen LogP contribution in [0.3, 0.4) is 0 Å². The van der Waals surface area contributed by atoms with Gasteiger partial charge in [-0.3, -0.25) is 4.90 Å². The Bertz CT molecular complexity index is 459. The van der Waals surface area contributed by atoms with E-state index in [1.807, 2.05) is 6.07 Å². The molecule has 1 aliphatic rings. The zero-order chi connectivity index (χ0) is 14.4. The summed E-state index contributed by atoms with van der Waals surface area (Å²) in [7, 11) is 0. The average molecular weight is 277 g/mol. The Morgan fingerprint density at radius 1 is 1.25 bits per heavy atom. The first-order valence-electron chi connectivity index (χ1n) is 7.36. The van der Waals surface area contributed by atoms with Gasteiger partial charge < -0.3 is 9.84 Å². The predicted octanol–water partition coefficient (Wildman–Crippen LogP) is 2.91. The zero-order valence-electron chi connectivity index (χ0n) is 12.1. The summed E-state index contributed by atoms with van der Waals surface area (Å²) in [5, 5.41) is 9.00. The van der Waals surface area contributed by atoms with Crippen LogP contribution in [0.15, 0.2) is 18.2 Å². The van der Waals surface area contributed by atoms with Gasteiger partial charge in [0.1, 0.15) is 0 Å². The van der Waals surface area contributed by atoms with E-state index < -0.39 is 5.97 Å². The first-order chi connectivity index (χ1) is 9.70. The van der Waals surface area contributed by atoms with Crippen molar-refractivity contribution >= 4 is 5.97 Å². The van der Waals surface area contributed by atoms with Gasteiger partial charge in [0.25, 0.3) is 0 Å². The number of carboxylic acids is 1. The molecule has 0 amide bonds. The van der Waals surface area contributed by atoms with Crippen LogP contribution in [0.25, 0.3) is 0 Å². The second kappa shape index (κ2) is 7.41. The third-order valence-electron chi connectivity index (χ3n) is 3.65. The number of nitrogens with zero attached hydrogens (tertiary/aromatic N) is 1. The van der Waals surface area contributed by atoms with Crippen molar-refractivity contribution in [3.63, 3.8) is 0 Å². The maximum atomic E-state index is 10.9. The molecular formula is C16H23NO3. The lowest BCUT2D eigenvalue weighted by Gasteiger charge is -2.14. The molecule has 0 atom stereocenters. The molecule has 0 saturated carbocycles. The Labute approximate surface area is 120 Å². The van der Waals surface area contributed by atoms with E-state index in [1.54, 1.807) is 12.1 Å². The Kier molecular flexibility index (Phi) is 5.56. The standard InChI is InChI=1S/C16H23NO3/c1-2-3-8-20-9-4-7-17-11-14-6-5-13(16(18)19)10-15(14)12-17/h5-6,10H,2-4,7-9,11-12H2,1H3,(H,18,19). The van der Waals surface area contributed by atoms with Crippen LogP contribution in [0.4, 0.5) is 0 Å². The summed E-state index contributed by atoms with van der Waals surface area (Å²) in [6, 6.07) is 5.43. The van der Waals surface area contributed by atoms with Gasteiger partial charge in [0.05, 0.1) is 5.56 Å². The van der Waals surface area contributed by atoms with Crippen molar-refractivity contribution in [1.82, 2.24) is 4.90 Å². The van der Waals surface area contributed by atoms with Gasteiger partial charge in [-0.05, 0) is 36.1 Å². The number of hydrogen-bond donors (Lipinski definition) is 1. The van der Waals surface area contributed by atoms with Gasteiger partial charge in [-0.2, -0.15) is 0 Å². The lowest BCUT2D eigenvalue weighted by Crippen LogP contribution is -2.19. The molecule has 0 aromatic heterocycles.